The van der Waals surface area contributed by atoms with Gasteiger partial charge in [0.25, 0.3) is 5.56 Å². The molecule has 9 heteroatoms. The first-order valence-corrected chi connectivity index (χ1v) is 7.96. The van der Waals surface area contributed by atoms with Crippen LogP contribution < -0.4 is 27.4 Å². The van der Waals surface area contributed by atoms with Crippen molar-refractivity contribution in [2.45, 2.75) is 25.0 Å². The fourth-order valence-corrected chi connectivity index (χ4v) is 3.86. The molecule has 126 valence electrons. The minimum Gasteiger partial charge on any atom is -0.506 e. The van der Waals surface area contributed by atoms with Crippen LogP contribution in [0.15, 0.2) is 27.8 Å². The molecule has 4 atom stereocenters. The average Bonchev–Trinajstić information content (AvgIpc) is 2.89. The first-order valence-electron chi connectivity index (χ1n) is 7.58. The fourth-order valence-electron chi connectivity index (χ4n) is 3.68. The quantitative estimate of drug-likeness (QED) is 0.443. The first kappa shape index (κ1) is 15.3. The number of nitrogens with one attached hydrogen (secondary N) is 5. The number of aromatic hydroxyl groups is 1. The number of aromatic nitrogens is 2. The Morgan fingerprint density at radius 3 is 2.71 bits per heavy atom. The zero-order valence-corrected chi connectivity index (χ0v) is 13.4. The highest BCUT2D eigenvalue weighted by molar-refractivity contribution is 6.32. The number of benzene rings is 1. The average molecular weight is 350 g/mol. The summed E-state index contributed by atoms with van der Waals surface area (Å²) in [5.74, 6) is 0.0763. The molecular weight excluding hydrogens is 334 g/mol. The van der Waals surface area contributed by atoms with E-state index in [1.54, 1.807) is 12.1 Å². The second-order valence-electron chi connectivity index (χ2n) is 6.16. The van der Waals surface area contributed by atoms with Crippen molar-refractivity contribution in [1.29, 1.82) is 0 Å². The number of H-pyrrole nitrogens is 2. The van der Waals surface area contributed by atoms with Gasteiger partial charge in [-0.05, 0) is 24.6 Å². The van der Waals surface area contributed by atoms with Crippen LogP contribution in [0.25, 0.3) is 0 Å². The predicted molar refractivity (Wildman–Crippen MR) is 89.3 cm³/mol. The normalized spacial score (nSPS) is 28.1. The number of hydrogen-bond acceptors (Lipinski definition) is 6. The van der Waals surface area contributed by atoms with Crippen molar-refractivity contribution >= 4 is 17.4 Å². The summed E-state index contributed by atoms with van der Waals surface area (Å²) in [6.07, 6.45) is -0.164. The van der Waals surface area contributed by atoms with Gasteiger partial charge in [0, 0.05) is 17.9 Å². The number of halogens is 1. The van der Waals surface area contributed by atoms with Gasteiger partial charge in [-0.3, -0.25) is 20.2 Å². The van der Waals surface area contributed by atoms with E-state index in [0.29, 0.717) is 11.4 Å². The molecule has 8 nitrogen and oxygen atoms in total. The Bertz CT molecular complexity index is 924. The summed E-state index contributed by atoms with van der Waals surface area (Å²) in [6.45, 7) is 2.01. The Morgan fingerprint density at radius 1 is 1.17 bits per heavy atom. The maximum atomic E-state index is 12.5. The molecule has 4 unspecified atom stereocenters. The van der Waals surface area contributed by atoms with E-state index < -0.39 is 11.2 Å². The molecule has 1 saturated heterocycles. The highest BCUT2D eigenvalue weighted by Gasteiger charge is 2.46. The maximum Gasteiger partial charge on any atom is 0.327 e. The van der Waals surface area contributed by atoms with E-state index in [2.05, 4.69) is 26.1 Å². The standard InChI is InChI=1S/C15H16ClN5O3/c1-5-9-10(6-2-3-8(22)7(16)4-6)11-12(17-13(9)21-20-5)18-15(24)19-14(11)23/h2-5,9-10,13,20-22H,1H3,(H3,17,18,19,23,24). The van der Waals surface area contributed by atoms with E-state index in [4.69, 9.17) is 11.6 Å². The van der Waals surface area contributed by atoms with Gasteiger partial charge in [-0.2, -0.15) is 0 Å². The van der Waals surface area contributed by atoms with Gasteiger partial charge in [-0.25, -0.2) is 10.2 Å². The van der Waals surface area contributed by atoms with Gasteiger partial charge in [-0.15, -0.1) is 0 Å². The van der Waals surface area contributed by atoms with E-state index in [-0.39, 0.29) is 34.8 Å². The van der Waals surface area contributed by atoms with Crippen LogP contribution in [0.4, 0.5) is 5.82 Å². The van der Waals surface area contributed by atoms with Gasteiger partial charge in [0.15, 0.2) is 0 Å². The van der Waals surface area contributed by atoms with Crippen molar-refractivity contribution in [1.82, 2.24) is 20.8 Å². The summed E-state index contributed by atoms with van der Waals surface area (Å²) in [7, 11) is 0. The highest BCUT2D eigenvalue weighted by atomic mass is 35.5. The summed E-state index contributed by atoms with van der Waals surface area (Å²) in [6, 6.07) is 4.98. The monoisotopic (exact) mass is 349 g/mol. The highest BCUT2D eigenvalue weighted by Crippen LogP contribution is 2.43. The van der Waals surface area contributed by atoms with Crippen molar-refractivity contribution < 1.29 is 5.11 Å². The van der Waals surface area contributed by atoms with Crippen LogP contribution in [-0.4, -0.2) is 27.3 Å². The van der Waals surface area contributed by atoms with Crippen LogP contribution in [0.1, 0.15) is 24.0 Å². The van der Waals surface area contributed by atoms with E-state index in [9.17, 15) is 14.7 Å². The summed E-state index contributed by atoms with van der Waals surface area (Å²) in [4.78, 5) is 29.0. The third-order valence-electron chi connectivity index (χ3n) is 4.73. The Labute approximate surface area is 141 Å². The van der Waals surface area contributed by atoms with Crippen LogP contribution in [-0.2, 0) is 0 Å². The molecule has 24 heavy (non-hydrogen) atoms. The third kappa shape index (κ3) is 2.22. The molecule has 1 aromatic heterocycles. The zero-order valence-electron chi connectivity index (χ0n) is 12.7. The van der Waals surface area contributed by atoms with Gasteiger partial charge in [0.05, 0.1) is 16.8 Å². The number of rotatable bonds is 1. The van der Waals surface area contributed by atoms with Crippen LogP contribution in [0.5, 0.6) is 5.75 Å². The molecule has 0 amide bonds. The lowest BCUT2D eigenvalue weighted by atomic mass is 9.75. The Kier molecular flexibility index (Phi) is 3.41. The smallest absolute Gasteiger partial charge is 0.327 e. The molecule has 0 saturated carbocycles. The van der Waals surface area contributed by atoms with E-state index in [1.165, 1.54) is 6.07 Å². The molecule has 2 aliphatic heterocycles. The summed E-state index contributed by atoms with van der Waals surface area (Å²) < 4.78 is 0. The molecule has 4 rings (SSSR count). The second-order valence-corrected chi connectivity index (χ2v) is 6.57. The third-order valence-corrected chi connectivity index (χ3v) is 5.04. The largest absolute Gasteiger partial charge is 0.506 e. The summed E-state index contributed by atoms with van der Waals surface area (Å²) >= 11 is 6.06. The van der Waals surface area contributed by atoms with Crippen LogP contribution >= 0.6 is 11.6 Å². The fraction of sp³-hybridized carbons (Fsp3) is 0.333. The summed E-state index contributed by atoms with van der Waals surface area (Å²) in [5, 5.41) is 13.1. The Hall–Kier alpha value is -2.29. The lowest BCUT2D eigenvalue weighted by molar-refractivity contribution is 0.386. The molecular formula is C15H16ClN5O3. The molecule has 0 aliphatic carbocycles. The number of phenols is 1. The predicted octanol–water partition coefficient (Wildman–Crippen LogP) is 0.418. The molecule has 6 N–H and O–H groups in total. The first-order chi connectivity index (χ1) is 11.5. The Morgan fingerprint density at radius 2 is 1.96 bits per heavy atom. The van der Waals surface area contributed by atoms with E-state index in [1.807, 2.05) is 6.92 Å². The van der Waals surface area contributed by atoms with Crippen molar-refractivity contribution in [2.75, 3.05) is 5.32 Å². The van der Waals surface area contributed by atoms with Crippen LogP contribution in [0.3, 0.4) is 0 Å². The number of hydrogen-bond donors (Lipinski definition) is 6. The maximum absolute atomic E-state index is 12.5. The zero-order chi connectivity index (χ0) is 17.0. The molecule has 0 spiro atoms. The van der Waals surface area contributed by atoms with Gasteiger partial charge < -0.3 is 10.4 Å². The molecule has 3 heterocycles. The number of aromatic amines is 2. The topological polar surface area (TPSA) is 122 Å². The van der Waals surface area contributed by atoms with Gasteiger partial charge >= 0.3 is 5.69 Å². The number of anilines is 1. The molecule has 1 aromatic carbocycles. The van der Waals surface area contributed by atoms with Crippen molar-refractivity contribution in [3.05, 3.63) is 55.2 Å². The lowest BCUT2D eigenvalue weighted by Crippen LogP contribution is -2.47. The molecule has 0 bridgehead atoms. The van der Waals surface area contributed by atoms with Crippen molar-refractivity contribution in [3.63, 3.8) is 0 Å². The van der Waals surface area contributed by atoms with Crippen molar-refractivity contribution in [3.8, 4) is 5.75 Å². The van der Waals surface area contributed by atoms with Gasteiger partial charge in [-0.1, -0.05) is 17.7 Å². The lowest BCUT2D eigenvalue weighted by Gasteiger charge is -2.36. The molecule has 2 aliphatic rings. The van der Waals surface area contributed by atoms with E-state index in [0.717, 1.165) is 5.56 Å². The van der Waals surface area contributed by atoms with Gasteiger partial charge in [0.1, 0.15) is 11.6 Å². The second kappa shape index (κ2) is 5.37. The molecule has 0 radical (unpaired) electrons. The Balaban J connectivity index is 1.96. The number of hydrazine groups is 1. The SMILES string of the molecule is CC1NNC2Nc3[nH]c(=O)[nH]c(=O)c3C(c3ccc(O)c(Cl)c3)C12. The minimum absolute atomic E-state index is 0.00473. The van der Waals surface area contributed by atoms with Gasteiger partial charge in [0.2, 0.25) is 0 Å². The van der Waals surface area contributed by atoms with Crippen LogP contribution in [0, 0.1) is 5.92 Å². The summed E-state index contributed by atoms with van der Waals surface area (Å²) in [5.41, 5.74) is 6.54. The molecule has 2 aromatic rings. The van der Waals surface area contributed by atoms with Crippen molar-refractivity contribution in [2.24, 2.45) is 5.92 Å². The minimum atomic E-state index is -0.564. The number of phenolic OH excluding ortho intramolecular Hbond substituents is 1. The van der Waals surface area contributed by atoms with Crippen LogP contribution in [0.2, 0.25) is 5.02 Å². The van der Waals surface area contributed by atoms with E-state index >= 15 is 0 Å². The number of fused-ring (bicyclic) bond motifs is 2. The molecule has 1 fully saturated rings.